The maximum atomic E-state index is 14.0. The molecular weight excluding hydrogens is 363 g/mol. The van der Waals surface area contributed by atoms with Crippen molar-refractivity contribution >= 4 is 45.2 Å². The molecule has 1 heterocycles. The number of aliphatic carboxylic acids is 1. The molecule has 7 heteroatoms. The van der Waals surface area contributed by atoms with Gasteiger partial charge in [-0.3, -0.25) is 9.78 Å². The first-order chi connectivity index (χ1) is 9.26. The van der Waals surface area contributed by atoms with Crippen LogP contribution in [0.4, 0.5) is 4.39 Å². The van der Waals surface area contributed by atoms with Crippen molar-refractivity contribution in [2.45, 2.75) is 25.3 Å². The standard InChI is InChI=1S/C14H14BrFN2O2.ClH/c1-14(2,12(17)13(19)20)8-6-9(16)10(15)11-7(8)4-3-5-18-11;/h3-6,12H,17H2,1-2H3,(H,19,20);1H/t12-;/m1./s1. The Kier molecular flexibility index (Phi) is 5.30. The van der Waals surface area contributed by atoms with Crippen molar-refractivity contribution in [1.82, 2.24) is 4.98 Å². The summed E-state index contributed by atoms with van der Waals surface area (Å²) in [4.78, 5) is 15.3. The largest absolute Gasteiger partial charge is 0.480 e. The fourth-order valence-electron chi connectivity index (χ4n) is 2.19. The van der Waals surface area contributed by atoms with E-state index < -0.39 is 23.2 Å². The van der Waals surface area contributed by atoms with Crippen LogP contribution in [0.1, 0.15) is 19.4 Å². The van der Waals surface area contributed by atoms with Crippen LogP contribution in [0.25, 0.3) is 10.9 Å². The van der Waals surface area contributed by atoms with E-state index >= 15 is 0 Å². The van der Waals surface area contributed by atoms with Crippen LogP contribution in [0.2, 0.25) is 0 Å². The molecule has 0 bridgehead atoms. The summed E-state index contributed by atoms with van der Waals surface area (Å²) in [6, 6.07) is 3.67. The molecule has 0 radical (unpaired) electrons. The van der Waals surface area contributed by atoms with E-state index in [1.807, 2.05) is 0 Å². The Balaban J connectivity index is 0.00000220. The maximum Gasteiger partial charge on any atom is 0.321 e. The Labute approximate surface area is 136 Å². The van der Waals surface area contributed by atoms with Gasteiger partial charge in [-0.2, -0.15) is 0 Å². The number of nitrogens with zero attached hydrogens (tertiary/aromatic N) is 1. The lowest BCUT2D eigenvalue weighted by Gasteiger charge is -2.30. The molecule has 2 aromatic rings. The summed E-state index contributed by atoms with van der Waals surface area (Å²) >= 11 is 3.16. The lowest BCUT2D eigenvalue weighted by atomic mass is 9.76. The van der Waals surface area contributed by atoms with Crippen molar-refractivity contribution in [2.75, 3.05) is 0 Å². The van der Waals surface area contributed by atoms with E-state index in [0.29, 0.717) is 16.5 Å². The molecule has 1 aromatic heterocycles. The number of rotatable bonds is 3. The van der Waals surface area contributed by atoms with Crippen molar-refractivity contribution < 1.29 is 14.3 Å². The van der Waals surface area contributed by atoms with E-state index in [1.165, 1.54) is 6.07 Å². The van der Waals surface area contributed by atoms with E-state index in [0.717, 1.165) is 0 Å². The number of carbonyl (C=O) groups is 1. The van der Waals surface area contributed by atoms with Crippen LogP contribution < -0.4 is 5.73 Å². The van der Waals surface area contributed by atoms with Crippen LogP contribution in [0, 0.1) is 5.82 Å². The van der Waals surface area contributed by atoms with Gasteiger partial charge in [0, 0.05) is 17.0 Å². The lowest BCUT2D eigenvalue weighted by Crippen LogP contribution is -2.47. The number of aromatic nitrogens is 1. The quantitative estimate of drug-likeness (QED) is 0.861. The smallest absolute Gasteiger partial charge is 0.321 e. The summed E-state index contributed by atoms with van der Waals surface area (Å²) in [7, 11) is 0. The fraction of sp³-hybridized carbons (Fsp3) is 0.286. The zero-order chi connectivity index (χ0) is 15.1. The van der Waals surface area contributed by atoms with Gasteiger partial charge < -0.3 is 10.8 Å². The van der Waals surface area contributed by atoms with Crippen molar-refractivity contribution in [2.24, 2.45) is 5.73 Å². The van der Waals surface area contributed by atoms with Gasteiger partial charge in [0.25, 0.3) is 0 Å². The molecule has 0 saturated heterocycles. The summed E-state index contributed by atoms with van der Waals surface area (Å²) in [6.45, 7) is 3.36. The second-order valence-electron chi connectivity index (χ2n) is 5.16. The average molecular weight is 378 g/mol. The third-order valence-electron chi connectivity index (χ3n) is 3.52. The highest BCUT2D eigenvalue weighted by molar-refractivity contribution is 9.10. The first-order valence-electron chi connectivity index (χ1n) is 5.98. The SMILES string of the molecule is CC(C)(c1cc(F)c(Br)c2ncccc12)[C@H](N)C(=O)O.Cl. The molecule has 3 N–H and O–H groups in total. The topological polar surface area (TPSA) is 76.2 Å². The third kappa shape index (κ3) is 3.02. The maximum absolute atomic E-state index is 14.0. The van der Waals surface area contributed by atoms with Crippen molar-refractivity contribution in [3.63, 3.8) is 0 Å². The predicted octanol–water partition coefficient (Wildman–Crippen LogP) is 3.25. The normalized spacial score (nSPS) is 12.8. The van der Waals surface area contributed by atoms with Gasteiger partial charge in [0.2, 0.25) is 0 Å². The average Bonchev–Trinajstić information content (AvgIpc) is 2.41. The molecule has 4 nitrogen and oxygen atoms in total. The third-order valence-corrected chi connectivity index (χ3v) is 4.28. The molecule has 0 aliphatic carbocycles. The number of halogens is 3. The highest BCUT2D eigenvalue weighted by Crippen LogP contribution is 2.36. The minimum absolute atomic E-state index is 0. The Hall–Kier alpha value is -1.24. The highest BCUT2D eigenvalue weighted by Gasteiger charge is 2.35. The Morgan fingerprint density at radius 3 is 2.71 bits per heavy atom. The van der Waals surface area contributed by atoms with Gasteiger partial charge in [-0.25, -0.2) is 4.39 Å². The molecule has 0 aliphatic rings. The van der Waals surface area contributed by atoms with Crippen LogP contribution in [0.15, 0.2) is 28.9 Å². The van der Waals surface area contributed by atoms with E-state index in [2.05, 4.69) is 20.9 Å². The molecule has 114 valence electrons. The molecule has 0 aliphatic heterocycles. The molecule has 2 rings (SSSR count). The second-order valence-corrected chi connectivity index (χ2v) is 5.95. The van der Waals surface area contributed by atoms with E-state index in [1.54, 1.807) is 32.2 Å². The van der Waals surface area contributed by atoms with Crippen LogP contribution in [0.5, 0.6) is 0 Å². The Morgan fingerprint density at radius 2 is 2.14 bits per heavy atom. The van der Waals surface area contributed by atoms with Gasteiger partial charge >= 0.3 is 5.97 Å². The molecule has 21 heavy (non-hydrogen) atoms. The van der Waals surface area contributed by atoms with Gasteiger partial charge in [0.1, 0.15) is 11.9 Å². The molecule has 0 unspecified atom stereocenters. The minimum atomic E-state index is -1.15. The zero-order valence-corrected chi connectivity index (χ0v) is 13.8. The number of pyridine rings is 1. The first kappa shape index (κ1) is 17.8. The second kappa shape index (κ2) is 6.25. The van der Waals surface area contributed by atoms with E-state index in [4.69, 9.17) is 10.8 Å². The summed E-state index contributed by atoms with van der Waals surface area (Å²) < 4.78 is 14.3. The van der Waals surface area contributed by atoms with Crippen molar-refractivity contribution in [1.29, 1.82) is 0 Å². The summed E-state index contributed by atoms with van der Waals surface area (Å²) in [5.41, 5.74) is 5.79. The van der Waals surface area contributed by atoms with E-state index in [9.17, 15) is 9.18 Å². The molecule has 1 aromatic carbocycles. The monoisotopic (exact) mass is 376 g/mol. The summed E-state index contributed by atoms with van der Waals surface area (Å²) in [6.07, 6.45) is 1.56. The molecule has 0 amide bonds. The number of fused-ring (bicyclic) bond motifs is 1. The summed E-state index contributed by atoms with van der Waals surface area (Å²) in [5.74, 6) is -1.62. The number of carboxylic acid groups (broad SMARTS) is 1. The fourth-order valence-corrected chi connectivity index (χ4v) is 2.62. The lowest BCUT2D eigenvalue weighted by molar-refractivity contribution is -0.140. The molecule has 0 spiro atoms. The van der Waals surface area contributed by atoms with Crippen LogP contribution in [-0.4, -0.2) is 22.1 Å². The number of hydrogen-bond donors (Lipinski definition) is 2. The Bertz CT molecular complexity index is 694. The number of benzene rings is 1. The van der Waals surface area contributed by atoms with Crippen molar-refractivity contribution in [3.05, 3.63) is 40.2 Å². The van der Waals surface area contributed by atoms with Gasteiger partial charge in [-0.1, -0.05) is 19.9 Å². The number of nitrogens with two attached hydrogens (primary N) is 1. The van der Waals surface area contributed by atoms with Crippen LogP contribution >= 0.6 is 28.3 Å². The summed E-state index contributed by atoms with van der Waals surface area (Å²) in [5, 5.41) is 9.81. The van der Waals surface area contributed by atoms with Gasteiger partial charge in [0.15, 0.2) is 0 Å². The molecule has 0 fully saturated rings. The molecular formula is C14H15BrClFN2O2. The minimum Gasteiger partial charge on any atom is -0.480 e. The van der Waals surface area contributed by atoms with Crippen LogP contribution in [0.3, 0.4) is 0 Å². The number of hydrogen-bond acceptors (Lipinski definition) is 3. The first-order valence-corrected chi connectivity index (χ1v) is 6.77. The molecule has 1 atom stereocenters. The Morgan fingerprint density at radius 1 is 1.52 bits per heavy atom. The predicted molar refractivity (Wildman–Crippen MR) is 85.3 cm³/mol. The highest BCUT2D eigenvalue weighted by atomic mass is 79.9. The van der Waals surface area contributed by atoms with Gasteiger partial charge in [-0.05, 0) is 33.6 Å². The van der Waals surface area contributed by atoms with Gasteiger partial charge in [0.05, 0.1) is 9.99 Å². The molecule has 0 saturated carbocycles. The zero-order valence-electron chi connectivity index (χ0n) is 11.4. The van der Waals surface area contributed by atoms with Gasteiger partial charge in [-0.15, -0.1) is 12.4 Å². The van der Waals surface area contributed by atoms with Crippen molar-refractivity contribution in [3.8, 4) is 0 Å². The van der Waals surface area contributed by atoms with Crippen LogP contribution in [-0.2, 0) is 10.2 Å². The van der Waals surface area contributed by atoms with E-state index in [-0.39, 0.29) is 16.9 Å². The number of carboxylic acids is 1.